The van der Waals surface area contributed by atoms with Crippen molar-refractivity contribution in [2.75, 3.05) is 12.8 Å². The van der Waals surface area contributed by atoms with Gasteiger partial charge in [0, 0.05) is 6.20 Å². The molecule has 2 rings (SSSR count). The number of anilines is 1. The average Bonchev–Trinajstić information content (AvgIpc) is 2.78. The van der Waals surface area contributed by atoms with E-state index >= 15 is 0 Å². The molecule has 90 valence electrons. The van der Waals surface area contributed by atoms with Crippen molar-refractivity contribution in [3.05, 3.63) is 24.3 Å². The summed E-state index contributed by atoms with van der Waals surface area (Å²) in [6, 6.07) is 1.94. The predicted molar refractivity (Wildman–Crippen MR) is 64.2 cm³/mol. The van der Waals surface area contributed by atoms with Crippen molar-refractivity contribution < 1.29 is 4.74 Å². The first kappa shape index (κ1) is 11.4. The van der Waals surface area contributed by atoms with Crippen molar-refractivity contribution in [2.24, 2.45) is 0 Å². The minimum atomic E-state index is 0.358. The Balaban J connectivity index is 2.45. The third-order valence-corrected chi connectivity index (χ3v) is 2.44. The number of nitrogens with zero attached hydrogens (tertiary/aromatic N) is 4. The van der Waals surface area contributed by atoms with Gasteiger partial charge in [0.15, 0.2) is 5.82 Å². The number of methoxy groups -OCH3 is 1. The maximum Gasteiger partial charge on any atom is 0.242 e. The lowest BCUT2D eigenvalue weighted by molar-refractivity contribution is 0.399. The molecule has 0 saturated heterocycles. The van der Waals surface area contributed by atoms with E-state index in [9.17, 15) is 0 Å². The second-order valence-corrected chi connectivity index (χ2v) is 3.96. The molecule has 0 bridgehead atoms. The molecule has 0 atom stereocenters. The van der Waals surface area contributed by atoms with Crippen LogP contribution >= 0.6 is 0 Å². The predicted octanol–water partition coefficient (Wildman–Crippen LogP) is 1.38. The monoisotopic (exact) mass is 233 g/mol. The lowest BCUT2D eigenvalue weighted by atomic mass is 10.1. The van der Waals surface area contributed by atoms with Crippen LogP contribution in [0.1, 0.15) is 25.5 Å². The van der Waals surface area contributed by atoms with E-state index in [2.05, 4.69) is 28.9 Å². The highest BCUT2D eigenvalue weighted by molar-refractivity contribution is 5.59. The maximum absolute atomic E-state index is 5.90. The normalized spacial score (nSPS) is 10.8. The molecule has 6 nitrogen and oxygen atoms in total. The van der Waals surface area contributed by atoms with Gasteiger partial charge in [-0.2, -0.15) is 10.1 Å². The van der Waals surface area contributed by atoms with Crippen LogP contribution in [-0.4, -0.2) is 26.9 Å². The zero-order valence-electron chi connectivity index (χ0n) is 10.1. The van der Waals surface area contributed by atoms with Gasteiger partial charge in [-0.25, -0.2) is 9.67 Å². The molecule has 0 fully saturated rings. The first-order chi connectivity index (χ1) is 8.13. The Morgan fingerprint density at radius 1 is 1.35 bits per heavy atom. The van der Waals surface area contributed by atoms with Crippen LogP contribution in [0.4, 0.5) is 5.69 Å². The van der Waals surface area contributed by atoms with Gasteiger partial charge in [-0.05, 0) is 12.0 Å². The van der Waals surface area contributed by atoms with Gasteiger partial charge >= 0.3 is 0 Å². The molecule has 2 aromatic rings. The molecule has 0 saturated carbocycles. The lowest BCUT2D eigenvalue weighted by Crippen LogP contribution is -2.07. The number of rotatable bonds is 3. The van der Waals surface area contributed by atoms with Gasteiger partial charge in [-0.15, -0.1) is 0 Å². The Morgan fingerprint density at radius 3 is 2.71 bits per heavy atom. The molecular weight excluding hydrogens is 218 g/mol. The Labute approximate surface area is 99.4 Å². The highest BCUT2D eigenvalue weighted by atomic mass is 16.5. The topological polar surface area (TPSA) is 78.9 Å². The van der Waals surface area contributed by atoms with E-state index in [1.54, 1.807) is 4.68 Å². The van der Waals surface area contributed by atoms with Gasteiger partial charge in [0.2, 0.25) is 5.88 Å². The van der Waals surface area contributed by atoms with Crippen molar-refractivity contribution in [1.82, 2.24) is 19.7 Å². The van der Waals surface area contributed by atoms with Crippen LogP contribution in [-0.2, 0) is 0 Å². The maximum atomic E-state index is 5.90. The van der Waals surface area contributed by atoms with Gasteiger partial charge in [-0.3, -0.25) is 0 Å². The summed E-state index contributed by atoms with van der Waals surface area (Å²) in [5.74, 6) is 1.25. The number of nitrogen functional groups attached to an aromatic ring is 1. The second-order valence-electron chi connectivity index (χ2n) is 3.96. The molecule has 2 aromatic heterocycles. The van der Waals surface area contributed by atoms with Crippen LogP contribution < -0.4 is 10.5 Å². The molecule has 0 unspecified atom stereocenters. The van der Waals surface area contributed by atoms with E-state index < -0.39 is 0 Å². The van der Waals surface area contributed by atoms with Crippen molar-refractivity contribution >= 4 is 5.69 Å². The smallest absolute Gasteiger partial charge is 0.242 e. The number of ether oxygens (including phenoxy) is 1. The fourth-order valence-corrected chi connectivity index (χ4v) is 1.48. The van der Waals surface area contributed by atoms with E-state index in [-0.39, 0.29) is 0 Å². The first-order valence-corrected chi connectivity index (χ1v) is 5.34. The van der Waals surface area contributed by atoms with Crippen LogP contribution in [0.5, 0.6) is 5.88 Å². The Kier molecular flexibility index (Phi) is 2.95. The minimum Gasteiger partial charge on any atom is -0.479 e. The summed E-state index contributed by atoms with van der Waals surface area (Å²) in [5, 5.41) is 4.41. The molecule has 2 N–H and O–H groups in total. The molecule has 2 heterocycles. The fourth-order valence-electron chi connectivity index (χ4n) is 1.48. The van der Waals surface area contributed by atoms with Gasteiger partial charge in [-0.1, -0.05) is 13.8 Å². The summed E-state index contributed by atoms with van der Waals surface area (Å²) in [5.41, 5.74) is 7.27. The first-order valence-electron chi connectivity index (χ1n) is 5.34. The van der Waals surface area contributed by atoms with Crippen LogP contribution in [0.3, 0.4) is 0 Å². The molecule has 0 aromatic carbocycles. The summed E-state index contributed by atoms with van der Waals surface area (Å²) in [6.45, 7) is 4.16. The summed E-state index contributed by atoms with van der Waals surface area (Å²) >= 11 is 0. The molecular formula is C11H15N5O. The van der Waals surface area contributed by atoms with Crippen molar-refractivity contribution in [3.8, 4) is 11.7 Å². The molecule has 0 spiro atoms. The van der Waals surface area contributed by atoms with Gasteiger partial charge in [0.05, 0.1) is 12.8 Å². The number of aromatic nitrogens is 4. The summed E-state index contributed by atoms with van der Waals surface area (Å²) in [6.07, 6.45) is 3.23. The molecule has 0 aliphatic carbocycles. The van der Waals surface area contributed by atoms with Gasteiger partial charge < -0.3 is 10.5 Å². The van der Waals surface area contributed by atoms with Gasteiger partial charge in [0.1, 0.15) is 12.0 Å². The van der Waals surface area contributed by atoms with E-state index in [1.807, 2.05) is 12.3 Å². The van der Waals surface area contributed by atoms with Crippen molar-refractivity contribution in [1.29, 1.82) is 0 Å². The molecule has 0 aliphatic heterocycles. The SMILES string of the molecule is COc1ncnc(-n2ccc(C(C)C)n2)c1N. The fraction of sp³-hybridized carbons (Fsp3) is 0.364. The minimum absolute atomic E-state index is 0.358. The highest BCUT2D eigenvalue weighted by Crippen LogP contribution is 2.23. The highest BCUT2D eigenvalue weighted by Gasteiger charge is 2.12. The van der Waals surface area contributed by atoms with Crippen LogP contribution in [0, 0.1) is 0 Å². The molecule has 6 heteroatoms. The van der Waals surface area contributed by atoms with E-state index in [0.29, 0.717) is 23.3 Å². The zero-order chi connectivity index (χ0) is 12.4. The second kappa shape index (κ2) is 4.40. The van der Waals surface area contributed by atoms with Crippen molar-refractivity contribution in [3.63, 3.8) is 0 Å². The third-order valence-electron chi connectivity index (χ3n) is 2.44. The number of hydrogen-bond donors (Lipinski definition) is 1. The van der Waals surface area contributed by atoms with Crippen LogP contribution in [0.25, 0.3) is 5.82 Å². The largest absolute Gasteiger partial charge is 0.479 e. The summed E-state index contributed by atoms with van der Waals surface area (Å²) < 4.78 is 6.68. The van der Waals surface area contributed by atoms with E-state index in [0.717, 1.165) is 5.69 Å². The van der Waals surface area contributed by atoms with E-state index in [1.165, 1.54) is 13.4 Å². The number of hydrogen-bond acceptors (Lipinski definition) is 5. The Morgan fingerprint density at radius 2 is 2.12 bits per heavy atom. The molecule has 17 heavy (non-hydrogen) atoms. The third kappa shape index (κ3) is 2.06. The number of nitrogens with two attached hydrogens (primary N) is 1. The molecule has 0 aliphatic rings. The standard InChI is InChI=1S/C11H15N5O/c1-7(2)8-4-5-16(15-8)10-9(12)11(17-3)14-6-13-10/h4-7H,12H2,1-3H3. The summed E-state index contributed by atoms with van der Waals surface area (Å²) in [7, 11) is 1.52. The lowest BCUT2D eigenvalue weighted by Gasteiger charge is -2.07. The van der Waals surface area contributed by atoms with Crippen LogP contribution in [0.2, 0.25) is 0 Å². The van der Waals surface area contributed by atoms with E-state index in [4.69, 9.17) is 10.5 Å². The van der Waals surface area contributed by atoms with Crippen LogP contribution in [0.15, 0.2) is 18.6 Å². The average molecular weight is 233 g/mol. The zero-order valence-corrected chi connectivity index (χ0v) is 10.1. The summed E-state index contributed by atoms with van der Waals surface area (Å²) in [4.78, 5) is 8.04. The Bertz CT molecular complexity index is 520. The molecule has 0 radical (unpaired) electrons. The quantitative estimate of drug-likeness (QED) is 0.866. The van der Waals surface area contributed by atoms with Gasteiger partial charge in [0.25, 0.3) is 0 Å². The Hall–Kier alpha value is -2.11. The van der Waals surface area contributed by atoms with Crippen molar-refractivity contribution in [2.45, 2.75) is 19.8 Å². The molecule has 0 amide bonds.